The first-order chi connectivity index (χ1) is 11.0. The quantitative estimate of drug-likeness (QED) is 0.825. The Balaban J connectivity index is 1.89. The maximum atomic E-state index is 11.5. The smallest absolute Gasteiger partial charge is 0.210 e. The molecule has 2 N–H and O–H groups in total. The first-order valence-electron chi connectivity index (χ1n) is 8.31. The lowest BCUT2D eigenvalue weighted by Gasteiger charge is -2.57. The highest BCUT2D eigenvalue weighted by atomic mass is 16.5. The van der Waals surface area contributed by atoms with Gasteiger partial charge in [-0.2, -0.15) is 0 Å². The minimum absolute atomic E-state index is 0.396. The van der Waals surface area contributed by atoms with Crippen LogP contribution in [0.25, 0.3) is 0 Å². The highest BCUT2D eigenvalue weighted by Gasteiger charge is 2.59. The molecule has 3 atom stereocenters. The zero-order chi connectivity index (χ0) is 16.5. The predicted octanol–water partition coefficient (Wildman–Crippen LogP) is 1.50. The molecule has 1 aromatic rings. The van der Waals surface area contributed by atoms with Gasteiger partial charge in [0.25, 0.3) is 0 Å². The predicted molar refractivity (Wildman–Crippen MR) is 86.2 cm³/mol. The van der Waals surface area contributed by atoms with Crippen LogP contribution in [-0.2, 0) is 11.2 Å². The summed E-state index contributed by atoms with van der Waals surface area (Å²) in [4.78, 5) is 13.2. The van der Waals surface area contributed by atoms with E-state index in [9.17, 15) is 15.0 Å². The highest BCUT2D eigenvalue weighted by Crippen LogP contribution is 2.46. The second-order valence-corrected chi connectivity index (χ2v) is 6.82. The van der Waals surface area contributed by atoms with Crippen molar-refractivity contribution in [3.8, 4) is 5.75 Å². The standard InChI is InChI=1S/C18H25NO4/c1-23-15-6-4-14(5-7-15)12-16-18(22)9-3-2-8-17(18,21)10-11-19(16)13-20/h4-7,13,16,21-22H,2-3,8-12H2,1H3/t16-,17-,18-/m0/s1. The third-order valence-electron chi connectivity index (χ3n) is 5.66. The van der Waals surface area contributed by atoms with E-state index in [1.165, 1.54) is 0 Å². The number of hydrogen-bond donors (Lipinski definition) is 2. The summed E-state index contributed by atoms with van der Waals surface area (Å²) >= 11 is 0. The normalized spacial score (nSPS) is 33.9. The third kappa shape index (κ3) is 2.72. The summed E-state index contributed by atoms with van der Waals surface area (Å²) in [5, 5.41) is 22.3. The summed E-state index contributed by atoms with van der Waals surface area (Å²) < 4.78 is 5.17. The van der Waals surface area contributed by atoms with Gasteiger partial charge in [-0.05, 0) is 43.4 Å². The van der Waals surface area contributed by atoms with E-state index in [2.05, 4.69) is 0 Å². The summed E-state index contributed by atoms with van der Waals surface area (Å²) in [6.45, 7) is 0.489. The fourth-order valence-electron chi connectivity index (χ4n) is 4.22. The number of amides is 1. The van der Waals surface area contributed by atoms with Crippen LogP contribution in [0.3, 0.4) is 0 Å². The maximum absolute atomic E-state index is 11.5. The Bertz CT molecular complexity index is 561. The maximum Gasteiger partial charge on any atom is 0.210 e. The minimum atomic E-state index is -1.23. The van der Waals surface area contributed by atoms with Crippen molar-refractivity contribution >= 4 is 6.41 Å². The van der Waals surface area contributed by atoms with Crippen molar-refractivity contribution in [2.75, 3.05) is 13.7 Å². The Kier molecular flexibility index (Phi) is 4.34. The van der Waals surface area contributed by atoms with Crippen LogP contribution in [-0.4, -0.2) is 52.4 Å². The Labute approximate surface area is 136 Å². The fraction of sp³-hybridized carbons (Fsp3) is 0.611. The van der Waals surface area contributed by atoms with E-state index < -0.39 is 17.2 Å². The van der Waals surface area contributed by atoms with E-state index in [1.807, 2.05) is 24.3 Å². The molecule has 0 spiro atoms. The topological polar surface area (TPSA) is 70.0 Å². The zero-order valence-electron chi connectivity index (χ0n) is 13.6. The van der Waals surface area contributed by atoms with Crippen molar-refractivity contribution in [2.45, 2.75) is 55.8 Å². The molecule has 1 aliphatic carbocycles. The molecule has 0 aromatic heterocycles. The molecule has 0 bridgehead atoms. The molecule has 0 unspecified atom stereocenters. The number of carbonyl (C=O) groups is 1. The summed E-state index contributed by atoms with van der Waals surface area (Å²) in [7, 11) is 1.62. The van der Waals surface area contributed by atoms with Crippen molar-refractivity contribution in [3.63, 3.8) is 0 Å². The lowest BCUT2D eigenvalue weighted by atomic mass is 9.63. The van der Waals surface area contributed by atoms with E-state index in [-0.39, 0.29) is 0 Å². The van der Waals surface area contributed by atoms with Gasteiger partial charge in [0.2, 0.25) is 6.41 Å². The lowest BCUT2D eigenvalue weighted by molar-refractivity contribution is -0.230. The summed E-state index contributed by atoms with van der Waals surface area (Å²) in [5.41, 5.74) is -1.29. The number of methoxy groups -OCH3 is 1. The van der Waals surface area contributed by atoms with Crippen LogP contribution < -0.4 is 4.74 Å². The van der Waals surface area contributed by atoms with Crippen molar-refractivity contribution in [3.05, 3.63) is 29.8 Å². The van der Waals surface area contributed by atoms with Crippen LogP contribution >= 0.6 is 0 Å². The third-order valence-corrected chi connectivity index (χ3v) is 5.66. The first-order valence-corrected chi connectivity index (χ1v) is 8.31. The van der Waals surface area contributed by atoms with Crippen LogP contribution in [0.5, 0.6) is 5.75 Å². The molecule has 2 fully saturated rings. The minimum Gasteiger partial charge on any atom is -0.497 e. The SMILES string of the molecule is COc1ccc(C[C@@H]2N(C=O)CC[C@@]3(O)CCCC[C@]23O)cc1. The highest BCUT2D eigenvalue weighted by molar-refractivity contribution is 5.49. The van der Waals surface area contributed by atoms with E-state index in [4.69, 9.17) is 4.74 Å². The van der Waals surface area contributed by atoms with Crippen LogP contribution in [0, 0.1) is 0 Å². The number of ether oxygens (including phenoxy) is 1. The number of nitrogens with zero attached hydrogens (tertiary/aromatic N) is 1. The molecule has 1 aliphatic heterocycles. The molecule has 1 amide bonds. The molecule has 1 saturated heterocycles. The molecule has 5 heteroatoms. The number of carbonyl (C=O) groups excluding carboxylic acids is 1. The monoisotopic (exact) mass is 319 g/mol. The molecule has 1 saturated carbocycles. The van der Waals surface area contributed by atoms with E-state index in [1.54, 1.807) is 12.0 Å². The van der Waals surface area contributed by atoms with Gasteiger partial charge < -0.3 is 19.8 Å². The van der Waals surface area contributed by atoms with E-state index in [0.29, 0.717) is 32.2 Å². The number of likely N-dealkylation sites (tertiary alicyclic amines) is 1. The van der Waals surface area contributed by atoms with Crippen LogP contribution in [0.2, 0.25) is 0 Å². The number of aliphatic hydroxyl groups is 2. The van der Waals surface area contributed by atoms with Gasteiger partial charge >= 0.3 is 0 Å². The zero-order valence-corrected chi connectivity index (χ0v) is 13.6. The van der Waals surface area contributed by atoms with Gasteiger partial charge in [-0.3, -0.25) is 4.79 Å². The van der Waals surface area contributed by atoms with Crippen LogP contribution in [0.1, 0.15) is 37.7 Å². The van der Waals surface area contributed by atoms with Gasteiger partial charge in [-0.1, -0.05) is 25.0 Å². The number of hydrogen-bond acceptors (Lipinski definition) is 4. The van der Waals surface area contributed by atoms with Gasteiger partial charge in [-0.25, -0.2) is 0 Å². The number of piperidine rings is 1. The lowest BCUT2D eigenvalue weighted by Crippen LogP contribution is -2.71. The van der Waals surface area contributed by atoms with E-state index in [0.717, 1.165) is 30.6 Å². The van der Waals surface area contributed by atoms with Gasteiger partial charge in [-0.15, -0.1) is 0 Å². The Morgan fingerprint density at radius 2 is 1.91 bits per heavy atom. The largest absolute Gasteiger partial charge is 0.497 e. The molecule has 23 heavy (non-hydrogen) atoms. The molecule has 3 rings (SSSR count). The Hall–Kier alpha value is -1.59. The molecular weight excluding hydrogens is 294 g/mol. The first kappa shape index (κ1) is 16.3. The van der Waals surface area contributed by atoms with Gasteiger partial charge in [0.05, 0.1) is 18.8 Å². The van der Waals surface area contributed by atoms with E-state index >= 15 is 0 Å². The summed E-state index contributed by atoms with van der Waals surface area (Å²) in [6.07, 6.45) is 4.73. The molecular formula is C18H25NO4. The molecule has 1 heterocycles. The van der Waals surface area contributed by atoms with Gasteiger partial charge in [0.1, 0.15) is 11.4 Å². The molecule has 1 aromatic carbocycles. The van der Waals surface area contributed by atoms with Crippen LogP contribution in [0.4, 0.5) is 0 Å². The van der Waals surface area contributed by atoms with Crippen molar-refractivity contribution in [2.24, 2.45) is 0 Å². The average Bonchev–Trinajstić information content (AvgIpc) is 2.57. The van der Waals surface area contributed by atoms with Gasteiger partial charge in [0.15, 0.2) is 0 Å². The summed E-state index contributed by atoms with van der Waals surface area (Å²) in [5.74, 6) is 0.775. The van der Waals surface area contributed by atoms with Gasteiger partial charge in [0, 0.05) is 6.54 Å². The Morgan fingerprint density at radius 3 is 2.57 bits per heavy atom. The number of rotatable bonds is 4. The molecule has 0 radical (unpaired) electrons. The second kappa shape index (κ2) is 6.13. The number of benzene rings is 1. The van der Waals surface area contributed by atoms with Crippen molar-refractivity contribution in [1.82, 2.24) is 4.90 Å². The fourth-order valence-corrected chi connectivity index (χ4v) is 4.22. The molecule has 2 aliphatic rings. The Morgan fingerprint density at radius 1 is 1.22 bits per heavy atom. The molecule has 5 nitrogen and oxygen atoms in total. The van der Waals surface area contributed by atoms with Crippen molar-refractivity contribution < 1.29 is 19.7 Å². The molecule has 126 valence electrons. The summed E-state index contributed by atoms with van der Waals surface area (Å²) in [6, 6.07) is 7.25. The second-order valence-electron chi connectivity index (χ2n) is 6.82. The van der Waals surface area contributed by atoms with Crippen LogP contribution in [0.15, 0.2) is 24.3 Å². The van der Waals surface area contributed by atoms with Crippen molar-refractivity contribution in [1.29, 1.82) is 0 Å². The number of fused-ring (bicyclic) bond motifs is 1. The average molecular weight is 319 g/mol.